The lowest BCUT2D eigenvalue weighted by Crippen LogP contribution is -2.19. The summed E-state index contributed by atoms with van der Waals surface area (Å²) in [5, 5.41) is 0.0303. The van der Waals surface area contributed by atoms with Crippen molar-refractivity contribution in [1.82, 2.24) is 9.97 Å². The van der Waals surface area contributed by atoms with Crippen LogP contribution in [0.1, 0.15) is 13.3 Å². The number of aromatic nitrogens is 2. The highest BCUT2D eigenvalue weighted by atomic mass is 32.2. The zero-order chi connectivity index (χ0) is 15.2. The van der Waals surface area contributed by atoms with Crippen LogP contribution in [0.2, 0.25) is 0 Å². The van der Waals surface area contributed by atoms with Gasteiger partial charge in [0, 0.05) is 11.6 Å². The first-order chi connectivity index (χ1) is 10.1. The third-order valence-corrected chi connectivity index (χ3v) is 4.11. The van der Waals surface area contributed by atoms with Crippen LogP contribution in [-0.4, -0.2) is 28.3 Å². The minimum absolute atomic E-state index is 0.244. The summed E-state index contributed by atoms with van der Waals surface area (Å²) in [5.74, 6) is -0.324. The number of thioether (sulfide) groups is 1. The van der Waals surface area contributed by atoms with Crippen LogP contribution in [0.3, 0.4) is 0 Å². The van der Waals surface area contributed by atoms with Gasteiger partial charge in [0.15, 0.2) is 5.16 Å². The SMILES string of the molecule is CC[C@H](Sc1nc(-c2ccccc2)cc(=O)[nH]1)C(=O)OC. The first-order valence-electron chi connectivity index (χ1n) is 6.55. The number of rotatable bonds is 5. The van der Waals surface area contributed by atoms with Gasteiger partial charge in [0.25, 0.3) is 5.56 Å². The van der Waals surface area contributed by atoms with Crippen LogP contribution in [0.25, 0.3) is 11.3 Å². The van der Waals surface area contributed by atoms with Gasteiger partial charge in [-0.15, -0.1) is 0 Å². The van der Waals surface area contributed by atoms with Crippen molar-refractivity contribution in [3.8, 4) is 11.3 Å². The largest absolute Gasteiger partial charge is 0.468 e. The summed E-state index contributed by atoms with van der Waals surface area (Å²) in [6.45, 7) is 1.88. The van der Waals surface area contributed by atoms with Crippen LogP contribution in [0, 0.1) is 0 Å². The van der Waals surface area contributed by atoms with E-state index in [1.165, 1.54) is 24.9 Å². The highest BCUT2D eigenvalue weighted by Crippen LogP contribution is 2.24. The Morgan fingerprint density at radius 3 is 2.71 bits per heavy atom. The smallest absolute Gasteiger partial charge is 0.319 e. The average molecular weight is 304 g/mol. The van der Waals surface area contributed by atoms with Gasteiger partial charge in [-0.3, -0.25) is 9.59 Å². The molecule has 21 heavy (non-hydrogen) atoms. The normalized spacial score (nSPS) is 11.9. The first-order valence-corrected chi connectivity index (χ1v) is 7.43. The molecule has 6 heteroatoms. The monoisotopic (exact) mass is 304 g/mol. The summed E-state index contributed by atoms with van der Waals surface area (Å²) in [4.78, 5) is 30.5. The van der Waals surface area contributed by atoms with E-state index >= 15 is 0 Å². The fourth-order valence-electron chi connectivity index (χ4n) is 1.81. The second-order valence-corrected chi connectivity index (χ2v) is 5.53. The number of nitrogens with one attached hydrogen (secondary N) is 1. The predicted molar refractivity (Wildman–Crippen MR) is 82.2 cm³/mol. The third kappa shape index (κ3) is 3.95. The average Bonchev–Trinajstić information content (AvgIpc) is 2.52. The molecule has 0 saturated heterocycles. The number of methoxy groups -OCH3 is 1. The molecule has 0 amide bonds. The van der Waals surface area contributed by atoms with Gasteiger partial charge in [-0.2, -0.15) is 0 Å². The number of aromatic amines is 1. The molecule has 0 saturated carbocycles. The Morgan fingerprint density at radius 2 is 2.10 bits per heavy atom. The van der Waals surface area contributed by atoms with E-state index in [2.05, 4.69) is 9.97 Å². The van der Waals surface area contributed by atoms with Crippen molar-refractivity contribution in [2.45, 2.75) is 23.8 Å². The molecule has 2 rings (SSSR count). The highest BCUT2D eigenvalue weighted by Gasteiger charge is 2.20. The molecule has 1 heterocycles. The number of esters is 1. The van der Waals surface area contributed by atoms with Gasteiger partial charge < -0.3 is 9.72 Å². The number of hydrogen-bond acceptors (Lipinski definition) is 5. The molecule has 0 aliphatic carbocycles. The standard InChI is InChI=1S/C15H16N2O3S/c1-3-12(14(19)20-2)21-15-16-11(9-13(18)17-15)10-7-5-4-6-8-10/h4-9,12H,3H2,1-2H3,(H,16,17,18)/t12-/m0/s1. The Labute approximate surface area is 126 Å². The maximum Gasteiger partial charge on any atom is 0.319 e. The molecular formula is C15H16N2O3S. The van der Waals surface area contributed by atoms with E-state index in [1.54, 1.807) is 0 Å². The van der Waals surface area contributed by atoms with E-state index < -0.39 is 0 Å². The van der Waals surface area contributed by atoms with Crippen LogP contribution in [0.4, 0.5) is 0 Å². The van der Waals surface area contributed by atoms with E-state index in [1.807, 2.05) is 37.3 Å². The lowest BCUT2D eigenvalue weighted by atomic mass is 10.1. The Balaban J connectivity index is 2.31. The summed E-state index contributed by atoms with van der Waals surface area (Å²) >= 11 is 1.20. The maximum atomic E-state index is 11.8. The lowest BCUT2D eigenvalue weighted by Gasteiger charge is -2.11. The fourth-order valence-corrected chi connectivity index (χ4v) is 2.75. The predicted octanol–water partition coefficient (Wildman–Crippen LogP) is 2.48. The number of benzene rings is 1. The minimum Gasteiger partial charge on any atom is -0.468 e. The molecule has 1 aromatic carbocycles. The Bertz CT molecular complexity index is 670. The number of H-pyrrole nitrogens is 1. The maximum absolute atomic E-state index is 11.8. The molecule has 0 aliphatic heterocycles. The molecule has 0 aliphatic rings. The van der Waals surface area contributed by atoms with Gasteiger partial charge in [0.05, 0.1) is 12.8 Å². The van der Waals surface area contributed by atoms with E-state index in [4.69, 9.17) is 4.74 Å². The van der Waals surface area contributed by atoms with Gasteiger partial charge in [-0.25, -0.2) is 4.98 Å². The second kappa shape index (κ2) is 7.08. The zero-order valence-electron chi connectivity index (χ0n) is 11.8. The minimum atomic E-state index is -0.385. The number of carbonyl (C=O) groups is 1. The molecule has 110 valence electrons. The molecule has 0 unspecified atom stereocenters. The van der Waals surface area contributed by atoms with Crippen LogP contribution >= 0.6 is 11.8 Å². The quantitative estimate of drug-likeness (QED) is 0.522. The Kier molecular flexibility index (Phi) is 5.16. The first kappa shape index (κ1) is 15.3. The van der Waals surface area contributed by atoms with E-state index in [9.17, 15) is 9.59 Å². The van der Waals surface area contributed by atoms with Gasteiger partial charge in [0.1, 0.15) is 5.25 Å². The van der Waals surface area contributed by atoms with Crippen molar-refractivity contribution in [2.24, 2.45) is 0 Å². The van der Waals surface area contributed by atoms with Crippen molar-refractivity contribution in [2.75, 3.05) is 7.11 Å². The van der Waals surface area contributed by atoms with Crippen molar-refractivity contribution in [3.05, 3.63) is 46.8 Å². The summed E-state index contributed by atoms with van der Waals surface area (Å²) in [6, 6.07) is 10.9. The van der Waals surface area contributed by atoms with Crippen molar-refractivity contribution in [1.29, 1.82) is 0 Å². The summed E-state index contributed by atoms with van der Waals surface area (Å²) in [6.07, 6.45) is 0.594. The van der Waals surface area contributed by atoms with Crippen molar-refractivity contribution >= 4 is 17.7 Å². The third-order valence-electron chi connectivity index (χ3n) is 2.88. The summed E-state index contributed by atoms with van der Waals surface area (Å²) in [5.41, 5.74) is 1.20. The topological polar surface area (TPSA) is 72.0 Å². The molecular weight excluding hydrogens is 288 g/mol. The Hall–Kier alpha value is -2.08. The molecule has 0 bridgehead atoms. The van der Waals surface area contributed by atoms with Crippen molar-refractivity contribution in [3.63, 3.8) is 0 Å². The van der Waals surface area contributed by atoms with Gasteiger partial charge in [-0.05, 0) is 6.42 Å². The van der Waals surface area contributed by atoms with Gasteiger partial charge >= 0.3 is 5.97 Å². The lowest BCUT2D eigenvalue weighted by molar-refractivity contribution is -0.140. The fraction of sp³-hybridized carbons (Fsp3) is 0.267. The molecule has 1 aromatic heterocycles. The van der Waals surface area contributed by atoms with E-state index in [0.717, 1.165) is 5.56 Å². The van der Waals surface area contributed by atoms with Crippen LogP contribution in [-0.2, 0) is 9.53 Å². The van der Waals surface area contributed by atoms with E-state index in [0.29, 0.717) is 17.3 Å². The molecule has 0 fully saturated rings. The molecule has 0 spiro atoms. The molecule has 1 atom stereocenters. The summed E-state index contributed by atoms with van der Waals surface area (Å²) in [7, 11) is 1.35. The van der Waals surface area contributed by atoms with E-state index in [-0.39, 0.29) is 16.8 Å². The molecule has 5 nitrogen and oxygen atoms in total. The molecule has 2 aromatic rings. The molecule has 0 radical (unpaired) electrons. The number of carbonyl (C=O) groups excluding carboxylic acids is 1. The van der Waals surface area contributed by atoms with Crippen LogP contribution in [0.5, 0.6) is 0 Å². The summed E-state index contributed by atoms with van der Waals surface area (Å²) < 4.78 is 4.74. The van der Waals surface area contributed by atoms with Crippen LogP contribution < -0.4 is 5.56 Å². The van der Waals surface area contributed by atoms with Gasteiger partial charge in [-0.1, -0.05) is 49.0 Å². The van der Waals surface area contributed by atoms with Gasteiger partial charge in [0.2, 0.25) is 0 Å². The number of hydrogen-bond donors (Lipinski definition) is 1. The number of nitrogens with zero attached hydrogens (tertiary/aromatic N) is 1. The molecule has 1 N–H and O–H groups in total. The Morgan fingerprint density at radius 1 is 1.38 bits per heavy atom. The second-order valence-electron chi connectivity index (χ2n) is 4.34. The highest BCUT2D eigenvalue weighted by molar-refractivity contribution is 8.00. The van der Waals surface area contributed by atoms with Crippen molar-refractivity contribution < 1.29 is 9.53 Å². The van der Waals surface area contributed by atoms with Crippen LogP contribution in [0.15, 0.2) is 46.3 Å². The number of ether oxygens (including phenoxy) is 1. The zero-order valence-corrected chi connectivity index (χ0v) is 12.6.